The van der Waals surface area contributed by atoms with Crippen LogP contribution in [-0.4, -0.2) is 69.6 Å². The molecule has 4 heterocycles. The molecular formula is C30H30ClN5O3. The monoisotopic (exact) mass is 543 g/mol. The molecule has 3 aromatic rings. The number of pyridine rings is 1. The highest BCUT2D eigenvalue weighted by Gasteiger charge is 2.39. The predicted molar refractivity (Wildman–Crippen MR) is 148 cm³/mol. The summed E-state index contributed by atoms with van der Waals surface area (Å²) in [5.41, 5.74) is 6.08. The molecule has 2 fully saturated rings. The second kappa shape index (κ2) is 10.9. The van der Waals surface area contributed by atoms with E-state index in [0.717, 1.165) is 72.2 Å². The average molecular weight is 544 g/mol. The molecule has 3 aliphatic heterocycles. The molecule has 0 bridgehead atoms. The van der Waals surface area contributed by atoms with Crippen LogP contribution in [0.5, 0.6) is 0 Å². The average Bonchev–Trinajstić information content (AvgIpc) is 3.26. The molecule has 1 atom stereocenters. The van der Waals surface area contributed by atoms with Crippen LogP contribution in [0.4, 0.5) is 0 Å². The van der Waals surface area contributed by atoms with Crippen LogP contribution in [-0.2, 0) is 29.2 Å². The molecule has 1 aromatic heterocycles. The number of aromatic nitrogens is 1. The Morgan fingerprint density at radius 2 is 1.64 bits per heavy atom. The van der Waals surface area contributed by atoms with Crippen LogP contribution in [0.3, 0.4) is 0 Å². The zero-order valence-electron chi connectivity index (χ0n) is 21.6. The van der Waals surface area contributed by atoms with Crippen molar-refractivity contribution < 1.29 is 14.4 Å². The number of hydrogen-bond acceptors (Lipinski definition) is 6. The van der Waals surface area contributed by atoms with Crippen LogP contribution in [0.1, 0.15) is 40.0 Å². The summed E-state index contributed by atoms with van der Waals surface area (Å²) in [5, 5.41) is 3.08. The lowest BCUT2D eigenvalue weighted by Crippen LogP contribution is -2.52. The van der Waals surface area contributed by atoms with Crippen LogP contribution >= 0.6 is 11.6 Å². The maximum absolute atomic E-state index is 13.0. The summed E-state index contributed by atoms with van der Waals surface area (Å²) >= 11 is 6.08. The van der Waals surface area contributed by atoms with Crippen molar-refractivity contribution in [3.63, 3.8) is 0 Å². The zero-order valence-corrected chi connectivity index (χ0v) is 22.4. The van der Waals surface area contributed by atoms with Crippen molar-refractivity contribution >= 4 is 29.3 Å². The van der Waals surface area contributed by atoms with Crippen molar-refractivity contribution in [3.05, 3.63) is 88.2 Å². The Labute approximate surface area is 232 Å². The minimum atomic E-state index is -0.585. The topological polar surface area (TPSA) is 85.9 Å². The van der Waals surface area contributed by atoms with Gasteiger partial charge in [-0.25, -0.2) is 0 Å². The lowest BCUT2D eigenvalue weighted by molar-refractivity contribution is -0.136. The first kappa shape index (κ1) is 25.7. The first-order chi connectivity index (χ1) is 18.9. The Balaban J connectivity index is 1.06. The summed E-state index contributed by atoms with van der Waals surface area (Å²) in [6, 6.07) is 17.4. The van der Waals surface area contributed by atoms with Gasteiger partial charge in [-0.3, -0.25) is 34.5 Å². The molecule has 9 heteroatoms. The fraction of sp³-hybridized carbons (Fsp3) is 0.333. The van der Waals surface area contributed by atoms with Gasteiger partial charge in [0.25, 0.3) is 5.91 Å². The number of fused-ring (bicyclic) bond motifs is 1. The van der Waals surface area contributed by atoms with Gasteiger partial charge in [-0.2, -0.15) is 0 Å². The van der Waals surface area contributed by atoms with Gasteiger partial charge in [0.15, 0.2) is 0 Å². The summed E-state index contributed by atoms with van der Waals surface area (Å²) in [5.74, 6) is -0.784. The third-order valence-corrected chi connectivity index (χ3v) is 8.13. The molecule has 0 spiro atoms. The van der Waals surface area contributed by atoms with Gasteiger partial charge < -0.3 is 4.90 Å². The SMILES string of the molecule is O=C1CCC(N2Cc3cc(CN4CCN(Cc5ncccc5-c5ccc(Cl)cc5)CC4)ccc3C2=O)C(=O)N1. The molecular weight excluding hydrogens is 514 g/mol. The molecule has 6 rings (SSSR count). The van der Waals surface area contributed by atoms with E-state index in [1.165, 1.54) is 0 Å². The second-order valence-corrected chi connectivity index (χ2v) is 10.9. The van der Waals surface area contributed by atoms with E-state index in [-0.39, 0.29) is 24.1 Å². The van der Waals surface area contributed by atoms with Crippen LogP contribution < -0.4 is 5.32 Å². The lowest BCUT2D eigenvalue weighted by atomic mass is 10.0. The van der Waals surface area contributed by atoms with Crippen LogP contribution in [0.15, 0.2) is 60.8 Å². The molecule has 0 aliphatic carbocycles. The standard InChI is InChI=1S/C30H30ClN5O3/c31-23-6-4-21(5-7-23)24-2-1-11-32-26(24)19-35-14-12-34(13-15-35)17-20-3-8-25-22(16-20)18-36(30(25)39)27-9-10-28(37)33-29(27)38/h1-8,11,16,27H,9-10,12-15,17-19H2,(H,33,37,38). The minimum Gasteiger partial charge on any atom is -0.322 e. The minimum absolute atomic E-state index is 0.132. The fourth-order valence-corrected chi connectivity index (χ4v) is 5.88. The van der Waals surface area contributed by atoms with Crippen LogP contribution in [0, 0.1) is 0 Å². The van der Waals surface area contributed by atoms with Gasteiger partial charge in [0.1, 0.15) is 6.04 Å². The summed E-state index contributed by atoms with van der Waals surface area (Å²) in [4.78, 5) is 48.0. The maximum atomic E-state index is 13.0. The van der Waals surface area contributed by atoms with E-state index >= 15 is 0 Å². The van der Waals surface area contributed by atoms with Crippen molar-refractivity contribution in [3.8, 4) is 11.1 Å². The van der Waals surface area contributed by atoms with Crippen LogP contribution in [0.2, 0.25) is 5.02 Å². The smallest absolute Gasteiger partial charge is 0.255 e. The Hall–Kier alpha value is -3.59. The van der Waals surface area contributed by atoms with E-state index in [1.807, 2.05) is 48.7 Å². The number of nitrogens with zero attached hydrogens (tertiary/aromatic N) is 4. The number of halogens is 1. The highest BCUT2D eigenvalue weighted by atomic mass is 35.5. The molecule has 1 unspecified atom stereocenters. The Morgan fingerprint density at radius 3 is 2.38 bits per heavy atom. The number of piperazine rings is 1. The number of nitrogens with one attached hydrogen (secondary N) is 1. The van der Waals surface area contributed by atoms with Crippen molar-refractivity contribution in [1.29, 1.82) is 0 Å². The van der Waals surface area contributed by atoms with Gasteiger partial charge >= 0.3 is 0 Å². The van der Waals surface area contributed by atoms with E-state index < -0.39 is 6.04 Å². The first-order valence-corrected chi connectivity index (χ1v) is 13.7. The summed E-state index contributed by atoms with van der Waals surface area (Å²) in [6.45, 7) is 5.80. The van der Waals surface area contributed by atoms with Crippen molar-refractivity contribution in [2.75, 3.05) is 26.2 Å². The highest BCUT2D eigenvalue weighted by molar-refractivity contribution is 6.30. The van der Waals surface area contributed by atoms with Gasteiger partial charge in [-0.1, -0.05) is 41.9 Å². The molecule has 2 aromatic carbocycles. The molecule has 8 nitrogen and oxygen atoms in total. The zero-order chi connectivity index (χ0) is 26.9. The molecule has 2 saturated heterocycles. The predicted octanol–water partition coefficient (Wildman–Crippen LogP) is 3.48. The molecule has 0 saturated carbocycles. The van der Waals surface area contributed by atoms with E-state index in [0.29, 0.717) is 18.5 Å². The number of carbonyl (C=O) groups excluding carboxylic acids is 3. The molecule has 3 aliphatic rings. The Kier molecular flexibility index (Phi) is 7.16. The van der Waals surface area contributed by atoms with Crippen molar-refractivity contribution in [1.82, 2.24) is 25.0 Å². The largest absolute Gasteiger partial charge is 0.322 e. The van der Waals surface area contributed by atoms with Gasteiger partial charge in [-0.05, 0) is 47.4 Å². The van der Waals surface area contributed by atoms with Crippen molar-refractivity contribution in [2.45, 2.75) is 38.5 Å². The summed E-state index contributed by atoms with van der Waals surface area (Å²) in [7, 11) is 0. The number of carbonyl (C=O) groups is 3. The molecule has 3 amide bonds. The summed E-state index contributed by atoms with van der Waals surface area (Å²) in [6.07, 6.45) is 2.49. The van der Waals surface area contributed by atoms with E-state index in [1.54, 1.807) is 4.90 Å². The quantitative estimate of drug-likeness (QED) is 0.479. The molecule has 1 N–H and O–H groups in total. The number of benzene rings is 2. The number of rotatable bonds is 6. The van der Waals surface area contributed by atoms with Gasteiger partial charge in [0.2, 0.25) is 11.8 Å². The van der Waals surface area contributed by atoms with Gasteiger partial charge in [-0.15, -0.1) is 0 Å². The fourth-order valence-electron chi connectivity index (χ4n) is 5.76. The van der Waals surface area contributed by atoms with E-state index in [9.17, 15) is 14.4 Å². The summed E-state index contributed by atoms with van der Waals surface area (Å²) < 4.78 is 0. The highest BCUT2D eigenvalue weighted by Crippen LogP contribution is 2.29. The second-order valence-electron chi connectivity index (χ2n) is 10.4. The third-order valence-electron chi connectivity index (χ3n) is 7.88. The molecule has 200 valence electrons. The Bertz CT molecular complexity index is 1420. The third kappa shape index (κ3) is 5.45. The van der Waals surface area contributed by atoms with E-state index in [2.05, 4.69) is 32.2 Å². The Morgan fingerprint density at radius 1 is 0.897 bits per heavy atom. The number of piperidine rings is 1. The number of imide groups is 1. The molecule has 0 radical (unpaired) electrons. The van der Waals surface area contributed by atoms with Gasteiger partial charge in [0, 0.05) is 74.6 Å². The van der Waals surface area contributed by atoms with Crippen LogP contribution in [0.25, 0.3) is 11.1 Å². The van der Waals surface area contributed by atoms with Crippen molar-refractivity contribution in [2.24, 2.45) is 0 Å². The maximum Gasteiger partial charge on any atom is 0.255 e. The molecule has 39 heavy (non-hydrogen) atoms. The number of hydrogen-bond donors (Lipinski definition) is 1. The normalized spacial score (nSPS) is 20.3. The van der Waals surface area contributed by atoms with E-state index in [4.69, 9.17) is 11.6 Å². The number of amides is 3. The first-order valence-electron chi connectivity index (χ1n) is 13.4. The lowest BCUT2D eigenvalue weighted by Gasteiger charge is -2.34. The van der Waals surface area contributed by atoms with Gasteiger partial charge in [0.05, 0.1) is 5.69 Å².